The average Bonchev–Trinajstić information content (AvgIpc) is 2.85. The van der Waals surface area contributed by atoms with Gasteiger partial charge in [0, 0.05) is 6.04 Å². The Hall–Kier alpha value is -0.850. The minimum absolute atomic E-state index is 0.0377. The van der Waals surface area contributed by atoms with E-state index in [0.29, 0.717) is 18.3 Å². The van der Waals surface area contributed by atoms with E-state index in [1.807, 2.05) is 0 Å². The van der Waals surface area contributed by atoms with E-state index in [-0.39, 0.29) is 5.09 Å². The van der Waals surface area contributed by atoms with Crippen LogP contribution in [-0.4, -0.2) is 21.5 Å². The molecule has 0 fully saturated rings. The highest BCUT2D eigenvalue weighted by Gasteiger charge is 2.16. The number of hydrogen-bond acceptors (Lipinski definition) is 4. The molecule has 1 rings (SSSR count). The first-order chi connectivity index (χ1) is 9.35. The third-order valence-electron chi connectivity index (χ3n) is 3.21. The molecule has 0 amide bonds. The molecule has 0 saturated carbocycles. The van der Waals surface area contributed by atoms with Crippen LogP contribution in [0, 0.1) is 5.92 Å². The normalized spacial score (nSPS) is 13.8. The third kappa shape index (κ3) is 5.64. The number of hydrogen-bond donors (Lipinski definition) is 2. The first-order valence-electron chi connectivity index (χ1n) is 7.10. The second kappa shape index (κ2) is 7.81. The first-order valence-corrected chi connectivity index (χ1v) is 8.59. The molecule has 1 atom stereocenters. The topological polar surface area (TPSA) is 71.3 Å². The summed E-state index contributed by atoms with van der Waals surface area (Å²) in [5, 5.41) is 3.31. The second-order valence-electron chi connectivity index (χ2n) is 5.54. The van der Waals surface area contributed by atoms with E-state index in [2.05, 4.69) is 30.8 Å². The summed E-state index contributed by atoms with van der Waals surface area (Å²) in [7, 11) is -2.12. The summed E-state index contributed by atoms with van der Waals surface area (Å²) in [5.41, 5.74) is 0. The van der Waals surface area contributed by atoms with E-state index in [9.17, 15) is 8.42 Å². The van der Waals surface area contributed by atoms with Gasteiger partial charge in [0.15, 0.2) is 0 Å². The van der Waals surface area contributed by atoms with Crippen molar-refractivity contribution >= 4 is 10.0 Å². The molecule has 20 heavy (non-hydrogen) atoms. The Balaban J connectivity index is 2.39. The molecule has 2 N–H and O–H groups in total. The van der Waals surface area contributed by atoms with Crippen LogP contribution in [0.15, 0.2) is 21.6 Å². The molecule has 1 heterocycles. The molecule has 6 heteroatoms. The predicted molar refractivity (Wildman–Crippen MR) is 79.9 cm³/mol. The minimum Gasteiger partial charge on any atom is -0.447 e. The molecule has 0 bridgehead atoms. The Labute approximate surface area is 122 Å². The third-order valence-corrected chi connectivity index (χ3v) is 4.50. The quantitative estimate of drug-likeness (QED) is 0.735. The zero-order valence-corrected chi connectivity index (χ0v) is 13.6. The molecule has 0 aliphatic carbocycles. The lowest BCUT2D eigenvalue weighted by atomic mass is 10.0. The van der Waals surface area contributed by atoms with Gasteiger partial charge in [-0.15, -0.1) is 0 Å². The first kappa shape index (κ1) is 17.2. The van der Waals surface area contributed by atoms with E-state index in [4.69, 9.17) is 4.42 Å². The summed E-state index contributed by atoms with van der Waals surface area (Å²) >= 11 is 0. The van der Waals surface area contributed by atoms with Gasteiger partial charge in [-0.2, -0.15) is 0 Å². The zero-order valence-electron chi connectivity index (χ0n) is 12.8. The number of rotatable bonds is 9. The van der Waals surface area contributed by atoms with Crippen LogP contribution in [0.5, 0.6) is 0 Å². The fraction of sp³-hybridized carbons (Fsp3) is 0.714. The molecular weight excluding hydrogens is 276 g/mol. The largest absolute Gasteiger partial charge is 0.447 e. The van der Waals surface area contributed by atoms with Crippen LogP contribution >= 0.6 is 0 Å². The standard InChI is InChI=1S/C14H26N2O3S/c1-11(2)6-5-7-12(3)16-10-13-8-9-14(19-13)20(17,18)15-4/h8-9,11-12,15-16H,5-7,10H2,1-4H3. The van der Waals surface area contributed by atoms with Crippen molar-refractivity contribution in [1.82, 2.24) is 10.0 Å². The van der Waals surface area contributed by atoms with Crippen LogP contribution in [0.3, 0.4) is 0 Å². The smallest absolute Gasteiger partial charge is 0.273 e. The number of nitrogens with one attached hydrogen (secondary N) is 2. The van der Waals surface area contributed by atoms with Gasteiger partial charge in [-0.25, -0.2) is 13.1 Å². The highest BCUT2D eigenvalue weighted by Crippen LogP contribution is 2.14. The average molecular weight is 302 g/mol. The van der Waals surface area contributed by atoms with Crippen molar-refractivity contribution in [3.8, 4) is 0 Å². The van der Waals surface area contributed by atoms with Crippen molar-refractivity contribution in [2.24, 2.45) is 5.92 Å². The van der Waals surface area contributed by atoms with Gasteiger partial charge < -0.3 is 9.73 Å². The van der Waals surface area contributed by atoms with Crippen LogP contribution in [0.1, 0.15) is 45.8 Å². The van der Waals surface area contributed by atoms with Gasteiger partial charge in [-0.05, 0) is 38.4 Å². The molecule has 0 aromatic carbocycles. The summed E-state index contributed by atoms with van der Waals surface area (Å²) in [5.74, 6) is 1.37. The maximum absolute atomic E-state index is 11.5. The van der Waals surface area contributed by atoms with Crippen molar-refractivity contribution in [1.29, 1.82) is 0 Å². The predicted octanol–water partition coefficient (Wildman–Crippen LogP) is 2.49. The molecule has 1 aromatic heterocycles. The van der Waals surface area contributed by atoms with Gasteiger partial charge in [0.1, 0.15) is 5.76 Å². The fourth-order valence-electron chi connectivity index (χ4n) is 1.91. The Morgan fingerprint density at radius 1 is 1.20 bits per heavy atom. The second-order valence-corrected chi connectivity index (χ2v) is 7.35. The summed E-state index contributed by atoms with van der Waals surface area (Å²) in [6.07, 6.45) is 3.54. The van der Waals surface area contributed by atoms with Crippen molar-refractivity contribution in [2.75, 3.05) is 7.05 Å². The highest BCUT2D eigenvalue weighted by molar-refractivity contribution is 7.89. The Bertz CT molecular complexity index is 494. The van der Waals surface area contributed by atoms with E-state index < -0.39 is 10.0 Å². The van der Waals surface area contributed by atoms with Gasteiger partial charge in [0.05, 0.1) is 6.54 Å². The van der Waals surface area contributed by atoms with Gasteiger partial charge >= 0.3 is 0 Å². The van der Waals surface area contributed by atoms with Crippen LogP contribution in [0.25, 0.3) is 0 Å². The maximum Gasteiger partial charge on any atom is 0.273 e. The zero-order chi connectivity index (χ0) is 15.2. The Morgan fingerprint density at radius 2 is 1.90 bits per heavy atom. The van der Waals surface area contributed by atoms with Gasteiger partial charge in [-0.1, -0.05) is 26.7 Å². The molecule has 116 valence electrons. The molecular formula is C14H26N2O3S. The van der Waals surface area contributed by atoms with Crippen LogP contribution in [-0.2, 0) is 16.6 Å². The van der Waals surface area contributed by atoms with Crippen LogP contribution in [0.4, 0.5) is 0 Å². The van der Waals surface area contributed by atoms with Crippen molar-refractivity contribution in [3.63, 3.8) is 0 Å². The molecule has 0 aliphatic heterocycles. The maximum atomic E-state index is 11.5. The monoisotopic (exact) mass is 302 g/mol. The van der Waals surface area contributed by atoms with Crippen LogP contribution in [0.2, 0.25) is 0 Å². The van der Waals surface area contributed by atoms with Crippen molar-refractivity contribution in [2.45, 2.75) is 57.7 Å². The molecule has 0 radical (unpaired) electrons. The van der Waals surface area contributed by atoms with Crippen LogP contribution < -0.4 is 10.0 Å². The summed E-state index contributed by atoms with van der Waals surface area (Å²) in [6.45, 7) is 7.13. The minimum atomic E-state index is -3.48. The van der Waals surface area contributed by atoms with Crippen molar-refractivity contribution in [3.05, 3.63) is 17.9 Å². The fourth-order valence-corrected chi connectivity index (χ4v) is 2.57. The molecule has 0 spiro atoms. The lowest BCUT2D eigenvalue weighted by molar-refractivity contribution is 0.381. The van der Waals surface area contributed by atoms with Gasteiger partial charge in [0.25, 0.3) is 10.0 Å². The molecule has 1 aromatic rings. The Kier molecular flexibility index (Phi) is 6.71. The lowest BCUT2D eigenvalue weighted by Crippen LogP contribution is -2.25. The molecule has 0 aliphatic rings. The lowest BCUT2D eigenvalue weighted by Gasteiger charge is -2.13. The molecule has 1 unspecified atom stereocenters. The van der Waals surface area contributed by atoms with Gasteiger partial charge in [-0.3, -0.25) is 0 Å². The molecule has 0 saturated heterocycles. The van der Waals surface area contributed by atoms with E-state index in [1.54, 1.807) is 6.07 Å². The summed E-state index contributed by atoms with van der Waals surface area (Å²) in [6, 6.07) is 3.56. The van der Waals surface area contributed by atoms with Gasteiger partial charge in [0.2, 0.25) is 5.09 Å². The summed E-state index contributed by atoms with van der Waals surface area (Å²) < 4.78 is 30.6. The number of sulfonamides is 1. The van der Waals surface area contributed by atoms with E-state index in [1.165, 1.54) is 26.0 Å². The van der Waals surface area contributed by atoms with E-state index >= 15 is 0 Å². The number of furan rings is 1. The summed E-state index contributed by atoms with van der Waals surface area (Å²) in [4.78, 5) is 0. The SMILES string of the molecule is CNS(=O)(=O)c1ccc(CNC(C)CCCC(C)C)o1. The Morgan fingerprint density at radius 3 is 2.50 bits per heavy atom. The van der Waals surface area contributed by atoms with Crippen molar-refractivity contribution < 1.29 is 12.8 Å². The van der Waals surface area contributed by atoms with E-state index in [0.717, 1.165) is 12.3 Å². The molecule has 5 nitrogen and oxygen atoms in total. The highest BCUT2D eigenvalue weighted by atomic mass is 32.2.